The third-order valence-electron chi connectivity index (χ3n) is 6.26. The molecule has 36 heavy (non-hydrogen) atoms. The molecule has 0 bridgehead atoms. The number of aryl methyl sites for hydroxylation is 1. The molecule has 0 spiro atoms. The highest BCUT2D eigenvalue weighted by Crippen LogP contribution is 2.25. The minimum Gasteiger partial charge on any atom is -0.354 e. The highest BCUT2D eigenvalue weighted by atomic mass is 32.2. The number of nitrogens with one attached hydrogen (secondary N) is 1. The number of anilines is 1. The summed E-state index contributed by atoms with van der Waals surface area (Å²) in [4.78, 5) is 28.1. The number of carbonyl (C=O) groups is 2. The lowest BCUT2D eigenvalue weighted by molar-refractivity contribution is -0.141. The van der Waals surface area contributed by atoms with Gasteiger partial charge in [-0.25, -0.2) is 8.42 Å². The van der Waals surface area contributed by atoms with E-state index in [1.807, 2.05) is 77.1 Å². The molecule has 0 aliphatic carbocycles. The van der Waals surface area contributed by atoms with Gasteiger partial charge in [-0.2, -0.15) is 0 Å². The fraction of sp³-hybridized carbons (Fsp3) is 0.500. The van der Waals surface area contributed by atoms with Crippen molar-refractivity contribution in [2.45, 2.75) is 66.5 Å². The van der Waals surface area contributed by atoms with E-state index in [4.69, 9.17) is 0 Å². The van der Waals surface area contributed by atoms with Crippen LogP contribution in [0.5, 0.6) is 0 Å². The zero-order valence-corrected chi connectivity index (χ0v) is 23.3. The van der Waals surface area contributed by atoms with Crippen molar-refractivity contribution in [2.24, 2.45) is 5.92 Å². The van der Waals surface area contributed by atoms with Crippen molar-refractivity contribution in [3.05, 3.63) is 65.2 Å². The largest absolute Gasteiger partial charge is 0.354 e. The van der Waals surface area contributed by atoms with E-state index < -0.39 is 16.1 Å². The van der Waals surface area contributed by atoms with E-state index in [-0.39, 0.29) is 24.8 Å². The Morgan fingerprint density at radius 1 is 1.00 bits per heavy atom. The molecule has 0 radical (unpaired) electrons. The molecule has 2 amide bonds. The number of hydrogen-bond acceptors (Lipinski definition) is 4. The molecule has 2 aromatic carbocycles. The molecule has 0 saturated carbocycles. The van der Waals surface area contributed by atoms with Gasteiger partial charge in [0.1, 0.15) is 6.04 Å². The van der Waals surface area contributed by atoms with Crippen molar-refractivity contribution in [1.29, 1.82) is 0 Å². The molecule has 1 N–H and O–H groups in total. The quantitative estimate of drug-likeness (QED) is 0.428. The molecule has 7 nitrogen and oxygen atoms in total. The number of nitrogens with zero attached hydrogens (tertiary/aromatic N) is 2. The maximum absolute atomic E-state index is 13.5. The van der Waals surface area contributed by atoms with E-state index in [1.54, 1.807) is 11.0 Å². The zero-order chi connectivity index (χ0) is 26.9. The Labute approximate surface area is 216 Å². The van der Waals surface area contributed by atoms with Gasteiger partial charge < -0.3 is 10.2 Å². The molecule has 198 valence electrons. The summed E-state index contributed by atoms with van der Waals surface area (Å²) in [6, 6.07) is 14.6. The minimum absolute atomic E-state index is 0.137. The lowest BCUT2D eigenvalue weighted by Crippen LogP contribution is -2.49. The Kier molecular flexibility index (Phi) is 11.0. The fourth-order valence-electron chi connectivity index (χ4n) is 4.11. The average Bonchev–Trinajstić information content (AvgIpc) is 2.82. The molecule has 0 aliphatic rings. The van der Waals surface area contributed by atoms with Gasteiger partial charge in [0.2, 0.25) is 21.8 Å². The number of sulfonamides is 1. The van der Waals surface area contributed by atoms with E-state index >= 15 is 0 Å². The van der Waals surface area contributed by atoms with Crippen LogP contribution < -0.4 is 9.62 Å². The second-order valence-corrected chi connectivity index (χ2v) is 11.6. The predicted octanol–water partition coefficient (Wildman–Crippen LogP) is 4.43. The second-order valence-electron chi connectivity index (χ2n) is 9.73. The van der Waals surface area contributed by atoms with Crippen LogP contribution in [0.25, 0.3) is 0 Å². The molecule has 0 unspecified atom stereocenters. The molecule has 0 aromatic heterocycles. The molecular formula is C28H41N3O4S. The zero-order valence-electron chi connectivity index (χ0n) is 22.5. The Balaban J connectivity index is 2.21. The smallest absolute Gasteiger partial charge is 0.242 e. The number of hydrogen-bond donors (Lipinski definition) is 1. The van der Waals surface area contributed by atoms with Crippen LogP contribution in [0.2, 0.25) is 0 Å². The Morgan fingerprint density at radius 3 is 2.25 bits per heavy atom. The van der Waals surface area contributed by atoms with Crippen molar-refractivity contribution >= 4 is 27.5 Å². The van der Waals surface area contributed by atoms with Crippen LogP contribution in [0.15, 0.2) is 48.5 Å². The van der Waals surface area contributed by atoms with Crippen LogP contribution >= 0.6 is 0 Å². The average molecular weight is 516 g/mol. The number of amides is 2. The first-order chi connectivity index (χ1) is 17.0. The summed E-state index contributed by atoms with van der Waals surface area (Å²) in [5.74, 6) is -0.0276. The van der Waals surface area contributed by atoms with Crippen LogP contribution in [-0.2, 0) is 26.2 Å². The molecule has 8 heteroatoms. The lowest BCUT2D eigenvalue weighted by atomic mass is 10.1. The van der Waals surface area contributed by atoms with Gasteiger partial charge in [0.05, 0.1) is 11.9 Å². The molecular weight excluding hydrogens is 474 g/mol. The fourth-order valence-corrected chi connectivity index (χ4v) is 5.13. The SMILES string of the molecule is CC[C@@H](C(=O)NCC(C)C)N(Cc1ccccc1)C(=O)CCCN(c1cccc(C)c1C)S(C)(=O)=O. The summed E-state index contributed by atoms with van der Waals surface area (Å²) in [6.45, 7) is 10.8. The first kappa shape index (κ1) is 29.4. The van der Waals surface area contributed by atoms with Gasteiger partial charge in [-0.05, 0) is 55.4 Å². The van der Waals surface area contributed by atoms with Crippen molar-refractivity contribution < 1.29 is 18.0 Å². The van der Waals surface area contributed by atoms with E-state index in [9.17, 15) is 18.0 Å². The van der Waals surface area contributed by atoms with Gasteiger partial charge in [0.15, 0.2) is 0 Å². The molecule has 0 heterocycles. The monoisotopic (exact) mass is 515 g/mol. The molecule has 0 saturated heterocycles. The van der Waals surface area contributed by atoms with Gasteiger partial charge in [-0.3, -0.25) is 13.9 Å². The van der Waals surface area contributed by atoms with Crippen LogP contribution in [0, 0.1) is 19.8 Å². The maximum atomic E-state index is 13.5. The Morgan fingerprint density at radius 2 is 1.67 bits per heavy atom. The highest BCUT2D eigenvalue weighted by molar-refractivity contribution is 7.92. The molecule has 2 aromatic rings. The lowest BCUT2D eigenvalue weighted by Gasteiger charge is -2.31. The van der Waals surface area contributed by atoms with Crippen molar-refractivity contribution in [3.63, 3.8) is 0 Å². The number of rotatable bonds is 13. The molecule has 2 rings (SSSR count). The van der Waals surface area contributed by atoms with Crippen LogP contribution in [0.3, 0.4) is 0 Å². The van der Waals surface area contributed by atoms with Crippen molar-refractivity contribution in [1.82, 2.24) is 10.2 Å². The van der Waals surface area contributed by atoms with Gasteiger partial charge in [-0.15, -0.1) is 0 Å². The van der Waals surface area contributed by atoms with Gasteiger partial charge >= 0.3 is 0 Å². The summed E-state index contributed by atoms with van der Waals surface area (Å²) >= 11 is 0. The van der Waals surface area contributed by atoms with Gasteiger partial charge in [0.25, 0.3) is 0 Å². The summed E-state index contributed by atoms with van der Waals surface area (Å²) in [7, 11) is -3.53. The topological polar surface area (TPSA) is 86.8 Å². The molecule has 0 aliphatic heterocycles. The Bertz CT molecular complexity index is 1120. The van der Waals surface area contributed by atoms with E-state index in [1.165, 1.54) is 10.6 Å². The maximum Gasteiger partial charge on any atom is 0.242 e. The number of benzene rings is 2. The third kappa shape index (κ3) is 8.36. The van der Waals surface area contributed by atoms with E-state index in [0.29, 0.717) is 37.5 Å². The van der Waals surface area contributed by atoms with Crippen LogP contribution in [-0.4, -0.2) is 50.5 Å². The first-order valence-electron chi connectivity index (χ1n) is 12.6. The van der Waals surface area contributed by atoms with Crippen LogP contribution in [0.1, 0.15) is 56.7 Å². The number of carbonyl (C=O) groups excluding carboxylic acids is 2. The summed E-state index contributed by atoms with van der Waals surface area (Å²) in [5.41, 5.74) is 3.47. The Hall–Kier alpha value is -2.87. The van der Waals surface area contributed by atoms with Gasteiger partial charge in [0, 0.05) is 26.1 Å². The van der Waals surface area contributed by atoms with Crippen molar-refractivity contribution in [3.8, 4) is 0 Å². The second kappa shape index (κ2) is 13.4. The molecule has 1 atom stereocenters. The predicted molar refractivity (Wildman–Crippen MR) is 146 cm³/mol. The van der Waals surface area contributed by atoms with E-state index in [2.05, 4.69) is 5.32 Å². The first-order valence-corrected chi connectivity index (χ1v) is 14.5. The van der Waals surface area contributed by atoms with Crippen molar-refractivity contribution in [2.75, 3.05) is 23.7 Å². The molecule has 0 fully saturated rings. The van der Waals surface area contributed by atoms with Crippen LogP contribution in [0.4, 0.5) is 5.69 Å². The van der Waals surface area contributed by atoms with E-state index in [0.717, 1.165) is 16.7 Å². The standard InChI is InChI=1S/C28H41N3O4S/c1-7-25(28(33)29-19-21(2)3)30(20-24-14-9-8-10-15-24)27(32)17-12-18-31(36(6,34)35)26-16-11-13-22(4)23(26)5/h8-11,13-16,21,25H,7,12,17-20H2,1-6H3,(H,29,33)/t25-/m0/s1. The normalized spacial score (nSPS) is 12.3. The summed E-state index contributed by atoms with van der Waals surface area (Å²) < 4.78 is 26.6. The van der Waals surface area contributed by atoms with Gasteiger partial charge in [-0.1, -0.05) is 63.2 Å². The summed E-state index contributed by atoms with van der Waals surface area (Å²) in [6.07, 6.45) is 2.15. The third-order valence-corrected chi connectivity index (χ3v) is 7.44. The summed E-state index contributed by atoms with van der Waals surface area (Å²) in [5, 5.41) is 2.96. The highest BCUT2D eigenvalue weighted by Gasteiger charge is 2.29. The minimum atomic E-state index is -3.53.